The van der Waals surface area contributed by atoms with Gasteiger partial charge in [-0.05, 0) is 25.3 Å². The molecule has 2 aliphatic rings. The lowest BCUT2D eigenvalue weighted by molar-refractivity contribution is 0.102. The highest BCUT2D eigenvalue weighted by molar-refractivity contribution is 8.15. The summed E-state index contributed by atoms with van der Waals surface area (Å²) in [6, 6.07) is 2.32. The van der Waals surface area contributed by atoms with Crippen molar-refractivity contribution in [1.82, 2.24) is 9.97 Å². The van der Waals surface area contributed by atoms with E-state index in [4.69, 9.17) is 15.2 Å². The third-order valence-electron chi connectivity index (χ3n) is 6.00. The van der Waals surface area contributed by atoms with E-state index in [0.29, 0.717) is 31.4 Å². The third-order valence-corrected chi connectivity index (χ3v) is 7.27. The van der Waals surface area contributed by atoms with Crippen LogP contribution in [0, 0.1) is 23.5 Å². The number of nitrogens with zero attached hydrogens (tertiary/aromatic N) is 3. The maximum Gasteiger partial charge on any atom is 0.275 e. The molecule has 2 heterocycles. The van der Waals surface area contributed by atoms with Crippen LogP contribution in [0.5, 0.6) is 5.88 Å². The second kappa shape index (κ2) is 9.10. The van der Waals surface area contributed by atoms with Crippen LogP contribution in [0.1, 0.15) is 43.2 Å². The van der Waals surface area contributed by atoms with E-state index in [1.54, 1.807) is 14.0 Å². The molecule has 3 N–H and O–H groups in total. The van der Waals surface area contributed by atoms with Crippen LogP contribution in [0.15, 0.2) is 29.5 Å². The molecule has 8 nitrogen and oxygen atoms in total. The Kier molecular flexibility index (Phi) is 6.52. The predicted molar refractivity (Wildman–Crippen MR) is 126 cm³/mol. The maximum atomic E-state index is 15.0. The first-order valence-electron chi connectivity index (χ1n) is 10.9. The van der Waals surface area contributed by atoms with Gasteiger partial charge in [-0.1, -0.05) is 25.6 Å². The highest BCUT2D eigenvalue weighted by atomic mass is 32.2. The fraction of sp³-hybridized carbons (Fsp3) is 0.478. The number of anilines is 1. The van der Waals surface area contributed by atoms with Crippen molar-refractivity contribution in [2.24, 2.45) is 22.6 Å². The zero-order chi connectivity index (χ0) is 24.7. The minimum Gasteiger partial charge on any atom is -0.476 e. The van der Waals surface area contributed by atoms with Gasteiger partial charge in [0.2, 0.25) is 5.88 Å². The van der Waals surface area contributed by atoms with Crippen molar-refractivity contribution < 1.29 is 23.0 Å². The average molecular weight is 492 g/mol. The Morgan fingerprint density at radius 3 is 2.74 bits per heavy atom. The normalized spacial score (nSPS) is 25.5. The Bertz CT molecular complexity index is 1130. The van der Waals surface area contributed by atoms with Gasteiger partial charge < -0.3 is 20.5 Å². The number of hydrogen-bond acceptors (Lipinski definition) is 8. The van der Waals surface area contributed by atoms with E-state index >= 15 is 4.39 Å². The van der Waals surface area contributed by atoms with Gasteiger partial charge in [0.25, 0.3) is 5.91 Å². The number of amidine groups is 1. The van der Waals surface area contributed by atoms with Gasteiger partial charge in [0.1, 0.15) is 5.69 Å². The molecule has 1 aromatic heterocycles. The zero-order valence-electron chi connectivity index (χ0n) is 19.4. The number of halogens is 2. The van der Waals surface area contributed by atoms with Gasteiger partial charge in [-0.25, -0.2) is 18.7 Å². The summed E-state index contributed by atoms with van der Waals surface area (Å²) in [7, 11) is 1.59. The first-order chi connectivity index (χ1) is 16.1. The topological polar surface area (TPSA) is 112 Å². The average Bonchev–Trinajstić information content (AvgIpc) is 3.49. The molecule has 1 aromatic carbocycles. The first kappa shape index (κ1) is 24.3. The molecule has 182 valence electrons. The quantitative estimate of drug-likeness (QED) is 0.579. The van der Waals surface area contributed by atoms with Gasteiger partial charge in [0, 0.05) is 30.3 Å². The third kappa shape index (κ3) is 4.58. The van der Waals surface area contributed by atoms with Gasteiger partial charge in [-0.15, -0.1) is 0 Å². The molecular formula is C23H27F2N5O3S. The van der Waals surface area contributed by atoms with Crippen LogP contribution >= 0.6 is 11.8 Å². The van der Waals surface area contributed by atoms with Crippen molar-refractivity contribution in [3.63, 3.8) is 0 Å². The van der Waals surface area contributed by atoms with E-state index in [1.807, 2.05) is 13.8 Å². The molecule has 11 heteroatoms. The monoisotopic (exact) mass is 491 g/mol. The molecule has 2 aromatic rings. The van der Waals surface area contributed by atoms with Crippen molar-refractivity contribution in [2.45, 2.75) is 37.5 Å². The van der Waals surface area contributed by atoms with Crippen LogP contribution in [-0.4, -0.2) is 46.1 Å². The summed E-state index contributed by atoms with van der Waals surface area (Å²) in [5.41, 5.74) is 5.06. The van der Waals surface area contributed by atoms with Crippen LogP contribution in [0.3, 0.4) is 0 Å². The van der Waals surface area contributed by atoms with E-state index in [9.17, 15) is 9.18 Å². The number of rotatable bonds is 8. The molecule has 0 unspecified atom stereocenters. The Morgan fingerprint density at radius 2 is 2.09 bits per heavy atom. The highest BCUT2D eigenvalue weighted by Gasteiger charge is 2.66. The second-order valence-electron chi connectivity index (χ2n) is 9.17. The zero-order valence-corrected chi connectivity index (χ0v) is 20.2. The number of ether oxygens (including phenoxy) is 2. The molecule has 0 spiro atoms. The molecule has 1 amide bonds. The Balaban J connectivity index is 1.58. The molecule has 4 rings (SSSR count). The van der Waals surface area contributed by atoms with E-state index in [1.165, 1.54) is 30.2 Å². The Hall–Kier alpha value is -2.79. The number of aromatic nitrogens is 2. The molecule has 1 aliphatic carbocycles. The standard InChI is InChI=1S/C23H27F2N5O3S/c1-12(2)10-33-18-9-27-16(8-28-18)20(31)29-13-5-14(19(25)15(24)6-13)22(3)17-7-23(17,11-32-4)34-21(26)30-22/h5-6,8-9,12,17H,7,10-11H2,1-4H3,(H2,26,30)(H,29,31)/t17-,22+,23+/m0/s1. The second-order valence-corrected chi connectivity index (χ2v) is 10.6. The number of carbonyl (C=O) groups is 1. The van der Waals surface area contributed by atoms with Crippen molar-refractivity contribution >= 4 is 28.5 Å². The van der Waals surface area contributed by atoms with Gasteiger partial charge in [-0.2, -0.15) is 0 Å². The largest absolute Gasteiger partial charge is 0.476 e. The van der Waals surface area contributed by atoms with Crippen molar-refractivity contribution in [3.05, 3.63) is 47.4 Å². The van der Waals surface area contributed by atoms with Gasteiger partial charge >= 0.3 is 0 Å². The molecule has 0 radical (unpaired) electrons. The summed E-state index contributed by atoms with van der Waals surface area (Å²) in [6.07, 6.45) is 3.30. The summed E-state index contributed by atoms with van der Waals surface area (Å²) < 4.78 is 40.1. The van der Waals surface area contributed by atoms with Gasteiger partial charge in [0.05, 0.1) is 35.9 Å². The lowest BCUT2D eigenvalue weighted by Gasteiger charge is -2.34. The molecular weight excluding hydrogens is 464 g/mol. The van der Waals surface area contributed by atoms with Crippen LogP contribution < -0.4 is 15.8 Å². The summed E-state index contributed by atoms with van der Waals surface area (Å²) in [4.78, 5) is 25.3. The minimum atomic E-state index is -1.10. The summed E-state index contributed by atoms with van der Waals surface area (Å²) >= 11 is 1.40. The molecule has 1 aliphatic heterocycles. The fourth-order valence-electron chi connectivity index (χ4n) is 4.31. The molecule has 3 atom stereocenters. The number of methoxy groups -OCH3 is 1. The molecule has 34 heavy (non-hydrogen) atoms. The number of nitrogens with one attached hydrogen (secondary N) is 1. The van der Waals surface area contributed by atoms with E-state index < -0.39 is 23.1 Å². The number of benzene rings is 1. The summed E-state index contributed by atoms with van der Waals surface area (Å²) in [6.45, 7) is 6.61. The number of carbonyl (C=O) groups excluding carboxylic acids is 1. The minimum absolute atomic E-state index is 0.00651. The van der Waals surface area contributed by atoms with Gasteiger partial charge in [-0.3, -0.25) is 9.79 Å². The molecule has 0 saturated heterocycles. The van der Waals surface area contributed by atoms with E-state index in [2.05, 4.69) is 20.3 Å². The maximum absolute atomic E-state index is 15.0. The van der Waals surface area contributed by atoms with E-state index in [-0.39, 0.29) is 32.8 Å². The van der Waals surface area contributed by atoms with Crippen molar-refractivity contribution in [1.29, 1.82) is 0 Å². The Morgan fingerprint density at radius 1 is 1.32 bits per heavy atom. The highest BCUT2D eigenvalue weighted by Crippen LogP contribution is 2.66. The van der Waals surface area contributed by atoms with Gasteiger partial charge in [0.15, 0.2) is 16.8 Å². The SMILES string of the molecule is COC[C@]12C[C@H]1[C@@](C)(c1cc(NC(=O)c3cnc(OCC(C)C)cn3)cc(F)c1F)N=C(N)S2. The van der Waals surface area contributed by atoms with Crippen LogP contribution in [-0.2, 0) is 10.3 Å². The summed E-state index contributed by atoms with van der Waals surface area (Å²) in [5, 5.41) is 2.86. The Labute approximate surface area is 200 Å². The van der Waals surface area contributed by atoms with Crippen molar-refractivity contribution in [2.75, 3.05) is 25.6 Å². The first-order valence-corrected chi connectivity index (χ1v) is 11.7. The fourth-order valence-corrected chi connectivity index (χ4v) is 5.76. The molecule has 1 fully saturated rings. The van der Waals surface area contributed by atoms with Crippen molar-refractivity contribution in [3.8, 4) is 5.88 Å². The van der Waals surface area contributed by atoms with Crippen LogP contribution in [0.4, 0.5) is 14.5 Å². The molecule has 0 bridgehead atoms. The number of hydrogen-bond donors (Lipinski definition) is 2. The number of fused-ring (bicyclic) bond motifs is 1. The number of thioether (sulfide) groups is 1. The lowest BCUT2D eigenvalue weighted by Crippen LogP contribution is -2.38. The van der Waals surface area contributed by atoms with E-state index in [0.717, 1.165) is 6.07 Å². The number of amides is 1. The predicted octanol–water partition coefficient (Wildman–Crippen LogP) is 3.72. The smallest absolute Gasteiger partial charge is 0.275 e. The molecule has 1 saturated carbocycles. The number of aliphatic imine (C=N–C) groups is 1. The lowest BCUT2D eigenvalue weighted by atomic mass is 9.85. The number of nitrogens with two attached hydrogens (primary N) is 1. The van der Waals surface area contributed by atoms with Crippen LogP contribution in [0.2, 0.25) is 0 Å². The van der Waals surface area contributed by atoms with Crippen LogP contribution in [0.25, 0.3) is 0 Å². The summed E-state index contributed by atoms with van der Waals surface area (Å²) in [5.74, 6) is -2.22.